The molecule has 0 aliphatic carbocycles. The summed E-state index contributed by atoms with van der Waals surface area (Å²) in [6, 6.07) is 13.5. The van der Waals surface area contributed by atoms with Crippen LogP contribution >= 0.6 is 23.1 Å². The van der Waals surface area contributed by atoms with Crippen LogP contribution < -0.4 is 5.32 Å². The standard InChI is InChI=1S/C16H21NS2/c1-4-12-10-11-15(19-12)16(17-5-2)13-8-6-7-9-14(13)18-3/h6-11,16-17H,4-5H2,1-3H3. The Kier molecular flexibility index (Phi) is 5.49. The van der Waals surface area contributed by atoms with Gasteiger partial charge in [0.25, 0.3) is 0 Å². The van der Waals surface area contributed by atoms with Crippen molar-refractivity contribution in [3.8, 4) is 0 Å². The van der Waals surface area contributed by atoms with E-state index < -0.39 is 0 Å². The normalized spacial score (nSPS) is 12.6. The van der Waals surface area contributed by atoms with E-state index in [2.05, 4.69) is 61.8 Å². The molecule has 0 amide bonds. The lowest BCUT2D eigenvalue weighted by molar-refractivity contribution is 0.631. The Labute approximate surface area is 124 Å². The van der Waals surface area contributed by atoms with Crippen molar-refractivity contribution >= 4 is 23.1 Å². The molecule has 1 aromatic carbocycles. The van der Waals surface area contributed by atoms with Crippen molar-refractivity contribution in [3.05, 3.63) is 51.7 Å². The molecular formula is C16H21NS2. The second-order valence-corrected chi connectivity index (χ2v) is 6.44. The lowest BCUT2D eigenvalue weighted by atomic mass is 10.1. The second kappa shape index (κ2) is 7.13. The molecule has 1 aromatic heterocycles. The maximum atomic E-state index is 3.62. The van der Waals surface area contributed by atoms with Crippen molar-refractivity contribution in [1.82, 2.24) is 5.32 Å². The summed E-state index contributed by atoms with van der Waals surface area (Å²) in [7, 11) is 0. The van der Waals surface area contributed by atoms with Gasteiger partial charge in [-0.2, -0.15) is 0 Å². The van der Waals surface area contributed by atoms with Gasteiger partial charge >= 0.3 is 0 Å². The van der Waals surface area contributed by atoms with E-state index in [4.69, 9.17) is 0 Å². The number of thiophene rings is 1. The van der Waals surface area contributed by atoms with Crippen molar-refractivity contribution in [2.75, 3.05) is 12.8 Å². The highest BCUT2D eigenvalue weighted by Gasteiger charge is 2.17. The summed E-state index contributed by atoms with van der Waals surface area (Å²) in [6.07, 6.45) is 3.27. The summed E-state index contributed by atoms with van der Waals surface area (Å²) in [5.74, 6) is 0. The van der Waals surface area contributed by atoms with E-state index in [-0.39, 0.29) is 0 Å². The molecule has 0 radical (unpaired) electrons. The number of aryl methyl sites for hydroxylation is 1. The Morgan fingerprint density at radius 3 is 2.58 bits per heavy atom. The van der Waals surface area contributed by atoms with E-state index in [1.54, 1.807) is 0 Å². The van der Waals surface area contributed by atoms with Crippen LogP contribution in [0.5, 0.6) is 0 Å². The zero-order valence-corrected chi connectivity index (χ0v) is 13.4. The van der Waals surface area contributed by atoms with Gasteiger partial charge in [-0.25, -0.2) is 0 Å². The van der Waals surface area contributed by atoms with Gasteiger partial charge in [0.05, 0.1) is 6.04 Å². The molecule has 0 bridgehead atoms. The van der Waals surface area contributed by atoms with E-state index >= 15 is 0 Å². The first kappa shape index (κ1) is 14.6. The van der Waals surface area contributed by atoms with Crippen molar-refractivity contribution in [2.24, 2.45) is 0 Å². The Morgan fingerprint density at radius 1 is 1.16 bits per heavy atom. The molecule has 0 fully saturated rings. The van der Waals surface area contributed by atoms with Gasteiger partial charge in [-0.05, 0) is 43.0 Å². The third-order valence-corrected chi connectivity index (χ3v) is 5.28. The van der Waals surface area contributed by atoms with Crippen LogP contribution in [0.1, 0.15) is 35.2 Å². The van der Waals surface area contributed by atoms with Crippen LogP contribution in [0, 0.1) is 0 Å². The fourth-order valence-electron chi connectivity index (χ4n) is 2.21. The highest BCUT2D eigenvalue weighted by atomic mass is 32.2. The van der Waals surface area contributed by atoms with Gasteiger partial charge in [-0.15, -0.1) is 23.1 Å². The molecule has 0 saturated carbocycles. The number of hydrogen-bond acceptors (Lipinski definition) is 3. The first-order valence-electron chi connectivity index (χ1n) is 6.75. The minimum absolute atomic E-state index is 0.318. The second-order valence-electron chi connectivity index (χ2n) is 4.39. The van der Waals surface area contributed by atoms with Gasteiger partial charge in [0.2, 0.25) is 0 Å². The van der Waals surface area contributed by atoms with Crippen LogP contribution in [0.2, 0.25) is 0 Å². The van der Waals surface area contributed by atoms with Gasteiger partial charge in [-0.3, -0.25) is 0 Å². The van der Waals surface area contributed by atoms with Crippen LogP contribution in [0.15, 0.2) is 41.3 Å². The van der Waals surface area contributed by atoms with Crippen molar-refractivity contribution in [2.45, 2.75) is 31.2 Å². The van der Waals surface area contributed by atoms with Crippen LogP contribution in [0.4, 0.5) is 0 Å². The zero-order valence-electron chi connectivity index (χ0n) is 11.8. The molecule has 3 heteroatoms. The van der Waals surface area contributed by atoms with Crippen LogP contribution in [0.25, 0.3) is 0 Å². The molecule has 1 nitrogen and oxygen atoms in total. The molecule has 102 valence electrons. The fourth-order valence-corrected chi connectivity index (χ4v) is 3.90. The molecule has 0 aliphatic rings. The minimum Gasteiger partial charge on any atom is -0.306 e. The van der Waals surface area contributed by atoms with Crippen LogP contribution in [-0.4, -0.2) is 12.8 Å². The Morgan fingerprint density at radius 2 is 1.95 bits per heavy atom. The summed E-state index contributed by atoms with van der Waals surface area (Å²) >= 11 is 3.74. The van der Waals surface area contributed by atoms with E-state index in [1.165, 1.54) is 20.2 Å². The minimum atomic E-state index is 0.318. The van der Waals surface area contributed by atoms with Crippen molar-refractivity contribution in [3.63, 3.8) is 0 Å². The highest BCUT2D eigenvalue weighted by molar-refractivity contribution is 7.98. The van der Waals surface area contributed by atoms with Gasteiger partial charge in [0, 0.05) is 14.6 Å². The lowest BCUT2D eigenvalue weighted by Crippen LogP contribution is -2.21. The van der Waals surface area contributed by atoms with E-state index in [0.717, 1.165) is 13.0 Å². The number of rotatable bonds is 6. The third kappa shape index (κ3) is 3.41. The molecule has 1 unspecified atom stereocenters. The van der Waals surface area contributed by atoms with Gasteiger partial charge in [0.1, 0.15) is 0 Å². The van der Waals surface area contributed by atoms with E-state index in [0.29, 0.717) is 6.04 Å². The molecule has 19 heavy (non-hydrogen) atoms. The number of benzene rings is 1. The lowest BCUT2D eigenvalue weighted by Gasteiger charge is -2.19. The average molecular weight is 291 g/mol. The summed E-state index contributed by atoms with van der Waals surface area (Å²) < 4.78 is 0. The molecule has 0 saturated heterocycles. The van der Waals surface area contributed by atoms with Crippen molar-refractivity contribution < 1.29 is 0 Å². The van der Waals surface area contributed by atoms with Crippen molar-refractivity contribution in [1.29, 1.82) is 0 Å². The quantitative estimate of drug-likeness (QED) is 0.772. The Bertz CT molecular complexity index is 519. The Hall–Kier alpha value is -0.770. The molecule has 1 N–H and O–H groups in total. The molecule has 0 aliphatic heterocycles. The topological polar surface area (TPSA) is 12.0 Å². The average Bonchev–Trinajstić information content (AvgIpc) is 2.93. The molecule has 2 rings (SSSR count). The molecule has 0 spiro atoms. The van der Waals surface area contributed by atoms with E-state index in [9.17, 15) is 0 Å². The van der Waals surface area contributed by atoms with Crippen LogP contribution in [-0.2, 0) is 6.42 Å². The zero-order chi connectivity index (χ0) is 13.7. The summed E-state index contributed by atoms with van der Waals surface area (Å²) in [4.78, 5) is 4.24. The largest absolute Gasteiger partial charge is 0.306 e. The van der Waals surface area contributed by atoms with E-state index in [1.807, 2.05) is 23.1 Å². The van der Waals surface area contributed by atoms with Crippen LogP contribution in [0.3, 0.4) is 0 Å². The molecule has 1 atom stereocenters. The van der Waals surface area contributed by atoms with Gasteiger partial charge in [-0.1, -0.05) is 32.0 Å². The SMILES string of the molecule is CCNC(c1ccc(CC)s1)c1ccccc1SC. The fraction of sp³-hybridized carbons (Fsp3) is 0.375. The highest BCUT2D eigenvalue weighted by Crippen LogP contribution is 2.33. The predicted octanol–water partition coefficient (Wildman–Crippen LogP) is 4.73. The smallest absolute Gasteiger partial charge is 0.0681 e. The third-order valence-electron chi connectivity index (χ3n) is 3.17. The number of nitrogens with one attached hydrogen (secondary N) is 1. The predicted molar refractivity (Wildman–Crippen MR) is 87.4 cm³/mol. The maximum Gasteiger partial charge on any atom is 0.0681 e. The first-order chi connectivity index (χ1) is 9.30. The molecule has 1 heterocycles. The Balaban J connectivity index is 2.38. The summed E-state index contributed by atoms with van der Waals surface area (Å²) in [5, 5.41) is 3.62. The summed E-state index contributed by atoms with van der Waals surface area (Å²) in [6.45, 7) is 5.36. The molecule has 2 aromatic rings. The monoisotopic (exact) mass is 291 g/mol. The first-order valence-corrected chi connectivity index (χ1v) is 8.79. The van der Waals surface area contributed by atoms with Gasteiger partial charge < -0.3 is 5.32 Å². The number of hydrogen-bond donors (Lipinski definition) is 1. The summed E-state index contributed by atoms with van der Waals surface area (Å²) in [5.41, 5.74) is 1.39. The van der Waals surface area contributed by atoms with Gasteiger partial charge in [0.15, 0.2) is 0 Å². The molecular weight excluding hydrogens is 270 g/mol. The maximum absolute atomic E-state index is 3.62. The number of thioether (sulfide) groups is 1.